The van der Waals surface area contributed by atoms with Crippen LogP contribution in [0.5, 0.6) is 11.5 Å². The maximum atomic E-state index is 12.3. The molecule has 0 spiro atoms. The van der Waals surface area contributed by atoms with Crippen molar-refractivity contribution in [2.75, 3.05) is 6.79 Å². The molecule has 1 aromatic carbocycles. The van der Waals surface area contributed by atoms with Gasteiger partial charge < -0.3 is 19.7 Å². The SMILES string of the molecule is O=C(O)CCCCCC[C@@H]1C(=O)C[C@@H](O)[C@H]1C=Cc1ccc2c(c1)OCO2. The van der Waals surface area contributed by atoms with E-state index in [4.69, 9.17) is 14.6 Å². The fraction of sp³-hybridized carbons (Fsp3) is 0.524. The van der Waals surface area contributed by atoms with E-state index in [0.29, 0.717) is 12.2 Å². The van der Waals surface area contributed by atoms with Crippen molar-refractivity contribution in [2.45, 2.75) is 51.0 Å². The Balaban J connectivity index is 1.54. The van der Waals surface area contributed by atoms with Crippen molar-refractivity contribution in [3.05, 3.63) is 29.8 Å². The van der Waals surface area contributed by atoms with Crippen LogP contribution in [-0.4, -0.2) is 34.9 Å². The first kappa shape index (κ1) is 19.4. The molecule has 0 saturated heterocycles. The lowest BCUT2D eigenvalue weighted by atomic mass is 9.88. The number of fused-ring (bicyclic) bond motifs is 1. The van der Waals surface area contributed by atoms with Crippen molar-refractivity contribution in [3.8, 4) is 11.5 Å². The number of carbonyl (C=O) groups excluding carboxylic acids is 1. The summed E-state index contributed by atoms with van der Waals surface area (Å²) in [6.45, 7) is 0.229. The number of carboxylic acid groups (broad SMARTS) is 1. The average Bonchev–Trinajstić information content (AvgIpc) is 3.19. The van der Waals surface area contributed by atoms with Crippen LogP contribution >= 0.6 is 0 Å². The fourth-order valence-electron chi connectivity index (χ4n) is 3.83. The molecule has 0 unspecified atom stereocenters. The Morgan fingerprint density at radius 2 is 1.93 bits per heavy atom. The van der Waals surface area contributed by atoms with Gasteiger partial charge in [0.2, 0.25) is 6.79 Å². The molecule has 3 atom stereocenters. The Hall–Kier alpha value is -2.34. The van der Waals surface area contributed by atoms with E-state index in [1.165, 1.54) is 0 Å². The largest absolute Gasteiger partial charge is 0.481 e. The molecular weight excluding hydrogens is 348 g/mol. The van der Waals surface area contributed by atoms with Crippen LogP contribution in [0.4, 0.5) is 0 Å². The summed E-state index contributed by atoms with van der Waals surface area (Å²) in [5.41, 5.74) is 0.943. The smallest absolute Gasteiger partial charge is 0.303 e. The number of aliphatic carboxylic acids is 1. The highest BCUT2D eigenvalue weighted by molar-refractivity contribution is 5.85. The van der Waals surface area contributed by atoms with Crippen LogP contribution in [0.25, 0.3) is 6.08 Å². The lowest BCUT2D eigenvalue weighted by Gasteiger charge is -2.17. The number of hydrogen-bond acceptors (Lipinski definition) is 5. The molecule has 6 nitrogen and oxygen atoms in total. The molecule has 1 saturated carbocycles. The molecule has 1 heterocycles. The van der Waals surface area contributed by atoms with Gasteiger partial charge in [0.15, 0.2) is 11.5 Å². The second-order valence-corrected chi connectivity index (χ2v) is 7.24. The van der Waals surface area contributed by atoms with Crippen molar-refractivity contribution >= 4 is 17.8 Å². The number of ether oxygens (including phenoxy) is 2. The summed E-state index contributed by atoms with van der Waals surface area (Å²) < 4.78 is 10.7. The molecule has 146 valence electrons. The summed E-state index contributed by atoms with van der Waals surface area (Å²) in [4.78, 5) is 22.8. The molecule has 0 aromatic heterocycles. The lowest BCUT2D eigenvalue weighted by Crippen LogP contribution is -2.18. The third-order valence-corrected chi connectivity index (χ3v) is 5.30. The molecule has 6 heteroatoms. The molecule has 2 aliphatic rings. The van der Waals surface area contributed by atoms with Gasteiger partial charge in [-0.2, -0.15) is 0 Å². The van der Waals surface area contributed by atoms with Gasteiger partial charge in [-0.3, -0.25) is 9.59 Å². The zero-order chi connectivity index (χ0) is 19.2. The number of aliphatic hydroxyl groups excluding tert-OH is 1. The van der Waals surface area contributed by atoms with Crippen molar-refractivity contribution < 1.29 is 29.3 Å². The van der Waals surface area contributed by atoms with E-state index in [1.807, 2.05) is 30.4 Å². The molecule has 3 rings (SSSR count). The van der Waals surface area contributed by atoms with Crippen LogP contribution < -0.4 is 9.47 Å². The Kier molecular flexibility index (Phi) is 6.50. The second kappa shape index (κ2) is 9.04. The highest BCUT2D eigenvalue weighted by atomic mass is 16.7. The normalized spacial score (nSPS) is 24.0. The highest BCUT2D eigenvalue weighted by Crippen LogP contribution is 2.36. The van der Waals surface area contributed by atoms with Crippen LogP contribution in [0.3, 0.4) is 0 Å². The molecule has 27 heavy (non-hydrogen) atoms. The average molecular weight is 374 g/mol. The van der Waals surface area contributed by atoms with Gasteiger partial charge in [-0.1, -0.05) is 37.5 Å². The van der Waals surface area contributed by atoms with Gasteiger partial charge >= 0.3 is 5.97 Å². The summed E-state index contributed by atoms with van der Waals surface area (Å²) in [6, 6.07) is 5.66. The van der Waals surface area contributed by atoms with Gasteiger partial charge in [-0.15, -0.1) is 0 Å². The molecule has 0 radical (unpaired) electrons. The number of Topliss-reactive ketones (excluding diaryl/α,β-unsaturated/α-hetero) is 1. The third-order valence-electron chi connectivity index (χ3n) is 5.30. The van der Waals surface area contributed by atoms with Crippen molar-refractivity contribution in [1.29, 1.82) is 0 Å². The van der Waals surface area contributed by atoms with E-state index < -0.39 is 12.1 Å². The molecule has 2 N–H and O–H groups in total. The van der Waals surface area contributed by atoms with Crippen LogP contribution in [0, 0.1) is 11.8 Å². The second-order valence-electron chi connectivity index (χ2n) is 7.24. The highest BCUT2D eigenvalue weighted by Gasteiger charge is 2.39. The van der Waals surface area contributed by atoms with E-state index in [-0.39, 0.29) is 37.3 Å². The van der Waals surface area contributed by atoms with Gasteiger partial charge in [0.05, 0.1) is 6.10 Å². The first-order valence-corrected chi connectivity index (χ1v) is 9.55. The number of benzene rings is 1. The number of carboxylic acids is 1. The van der Waals surface area contributed by atoms with Crippen molar-refractivity contribution in [3.63, 3.8) is 0 Å². The number of carbonyl (C=O) groups is 2. The topological polar surface area (TPSA) is 93.1 Å². The first-order chi connectivity index (χ1) is 13.0. The molecular formula is C21H26O6. The van der Waals surface area contributed by atoms with Gasteiger partial charge in [-0.05, 0) is 30.5 Å². The van der Waals surface area contributed by atoms with E-state index >= 15 is 0 Å². The quantitative estimate of drug-likeness (QED) is 0.644. The Morgan fingerprint density at radius 1 is 1.15 bits per heavy atom. The third kappa shape index (κ3) is 5.10. The Morgan fingerprint density at radius 3 is 2.74 bits per heavy atom. The summed E-state index contributed by atoms with van der Waals surface area (Å²) >= 11 is 0. The number of ketones is 1. The summed E-state index contributed by atoms with van der Waals surface area (Å²) in [6.07, 6.45) is 7.66. The predicted octanol–water partition coefficient (Wildman–Crippen LogP) is 3.42. The maximum Gasteiger partial charge on any atom is 0.303 e. The molecule has 0 bridgehead atoms. The molecule has 1 aliphatic carbocycles. The van der Waals surface area contributed by atoms with Gasteiger partial charge in [0.25, 0.3) is 0 Å². The van der Waals surface area contributed by atoms with Crippen LogP contribution in [-0.2, 0) is 9.59 Å². The number of aliphatic hydroxyl groups is 1. The van der Waals surface area contributed by atoms with Crippen molar-refractivity contribution in [1.82, 2.24) is 0 Å². The maximum absolute atomic E-state index is 12.3. The van der Waals surface area contributed by atoms with Crippen LogP contribution in [0.1, 0.15) is 50.5 Å². The zero-order valence-corrected chi connectivity index (χ0v) is 15.3. The zero-order valence-electron chi connectivity index (χ0n) is 15.3. The number of rotatable bonds is 9. The van der Waals surface area contributed by atoms with E-state index in [1.54, 1.807) is 0 Å². The number of hydrogen-bond donors (Lipinski definition) is 2. The molecule has 1 aliphatic heterocycles. The van der Waals surface area contributed by atoms with Gasteiger partial charge in [-0.25, -0.2) is 0 Å². The summed E-state index contributed by atoms with van der Waals surface area (Å²) in [5, 5.41) is 18.9. The minimum atomic E-state index is -0.766. The predicted molar refractivity (Wildman–Crippen MR) is 99.5 cm³/mol. The Labute approximate surface area is 158 Å². The van der Waals surface area contributed by atoms with Gasteiger partial charge in [0.1, 0.15) is 5.78 Å². The monoisotopic (exact) mass is 374 g/mol. The standard InChI is InChI=1S/C21H26O6/c22-17-12-18(23)16(15(17)5-3-1-2-4-6-21(24)25)9-7-14-8-10-19-20(11-14)27-13-26-19/h7-11,15-16,18,23H,1-6,12-13H2,(H,24,25)/t15-,16-,18+/m0/s1. The molecule has 1 aromatic rings. The van der Waals surface area contributed by atoms with E-state index in [0.717, 1.165) is 37.0 Å². The minimum Gasteiger partial charge on any atom is -0.481 e. The van der Waals surface area contributed by atoms with Crippen LogP contribution in [0.15, 0.2) is 24.3 Å². The minimum absolute atomic E-state index is 0.119. The Bertz CT molecular complexity index is 711. The summed E-state index contributed by atoms with van der Waals surface area (Å²) in [5.74, 6) is 0.444. The van der Waals surface area contributed by atoms with E-state index in [2.05, 4.69) is 0 Å². The molecule has 1 fully saturated rings. The first-order valence-electron chi connectivity index (χ1n) is 9.55. The molecule has 0 amide bonds. The fourth-order valence-corrected chi connectivity index (χ4v) is 3.83. The summed E-state index contributed by atoms with van der Waals surface area (Å²) in [7, 11) is 0. The van der Waals surface area contributed by atoms with E-state index in [9.17, 15) is 14.7 Å². The van der Waals surface area contributed by atoms with Crippen molar-refractivity contribution in [2.24, 2.45) is 11.8 Å². The van der Waals surface area contributed by atoms with Gasteiger partial charge in [0, 0.05) is 24.7 Å². The lowest BCUT2D eigenvalue weighted by molar-refractivity contribution is -0.137. The number of unbranched alkanes of at least 4 members (excludes halogenated alkanes) is 3. The van der Waals surface area contributed by atoms with Crippen LogP contribution in [0.2, 0.25) is 0 Å².